The lowest BCUT2D eigenvalue weighted by Gasteiger charge is -2.23. The van der Waals surface area contributed by atoms with Crippen LogP contribution in [0.2, 0.25) is 0 Å². The van der Waals surface area contributed by atoms with Crippen molar-refractivity contribution in [3.8, 4) is 5.75 Å². The molecule has 0 aliphatic rings. The molecule has 0 unspecified atom stereocenters. The summed E-state index contributed by atoms with van der Waals surface area (Å²) in [7, 11) is -3.64. The third-order valence-electron chi connectivity index (χ3n) is 3.12. The van der Waals surface area contributed by atoms with Crippen LogP contribution in [-0.2, 0) is 10.0 Å². The Balaban J connectivity index is 2.34. The van der Waals surface area contributed by atoms with Crippen LogP contribution >= 0.6 is 0 Å². The van der Waals surface area contributed by atoms with Crippen LogP contribution in [0, 0.1) is 0 Å². The monoisotopic (exact) mass is 329 g/mol. The second-order valence-corrected chi connectivity index (χ2v) is 6.59. The minimum atomic E-state index is -3.64. The first-order valence-corrected chi connectivity index (χ1v) is 8.56. The predicted octanol–water partition coefficient (Wildman–Crippen LogP) is 3.63. The molecule has 0 fully saturated rings. The molecule has 0 amide bonds. The number of rotatable bonds is 8. The molecule has 0 radical (unpaired) electrons. The van der Waals surface area contributed by atoms with Gasteiger partial charge in [-0.2, -0.15) is 0 Å². The number of hydrogen-bond acceptors (Lipinski definition) is 3. The molecule has 120 valence electrons. The molecule has 5 heteroatoms. The molecule has 2 rings (SSSR count). The summed E-state index contributed by atoms with van der Waals surface area (Å²) >= 11 is 0. The molecular weight excluding hydrogens is 310 g/mol. The highest BCUT2D eigenvalue weighted by atomic mass is 32.2. The topological polar surface area (TPSA) is 46.6 Å². The quantitative estimate of drug-likeness (QED) is 0.695. The lowest BCUT2D eigenvalue weighted by atomic mass is 10.3. The summed E-state index contributed by atoms with van der Waals surface area (Å²) in [6.07, 6.45) is 3.21. The van der Waals surface area contributed by atoms with Crippen molar-refractivity contribution in [1.29, 1.82) is 0 Å². The Morgan fingerprint density at radius 3 is 2.17 bits per heavy atom. The Morgan fingerprint density at radius 2 is 1.61 bits per heavy atom. The van der Waals surface area contributed by atoms with Crippen molar-refractivity contribution in [2.75, 3.05) is 17.5 Å². The van der Waals surface area contributed by atoms with Gasteiger partial charge in [0.1, 0.15) is 12.4 Å². The Kier molecular flexibility index (Phi) is 5.60. The van der Waals surface area contributed by atoms with Crippen molar-refractivity contribution in [3.63, 3.8) is 0 Å². The lowest BCUT2D eigenvalue weighted by Crippen LogP contribution is -2.31. The maximum absolute atomic E-state index is 12.8. The van der Waals surface area contributed by atoms with E-state index in [0.717, 1.165) is 0 Å². The van der Waals surface area contributed by atoms with Crippen molar-refractivity contribution in [2.45, 2.75) is 4.90 Å². The number of hydrogen-bond donors (Lipinski definition) is 0. The summed E-state index contributed by atoms with van der Waals surface area (Å²) in [6.45, 7) is 7.82. The van der Waals surface area contributed by atoms with Gasteiger partial charge in [0.25, 0.3) is 10.0 Å². The second kappa shape index (κ2) is 7.65. The summed E-state index contributed by atoms with van der Waals surface area (Å²) in [5.74, 6) is 0.657. The van der Waals surface area contributed by atoms with Crippen LogP contribution in [0.1, 0.15) is 0 Å². The highest BCUT2D eigenvalue weighted by Gasteiger charge is 2.23. The molecule has 0 heterocycles. The van der Waals surface area contributed by atoms with Gasteiger partial charge in [0.15, 0.2) is 0 Å². The van der Waals surface area contributed by atoms with E-state index in [-0.39, 0.29) is 11.4 Å². The first kappa shape index (κ1) is 16.8. The molecule has 2 aromatic carbocycles. The van der Waals surface area contributed by atoms with Crippen LogP contribution in [0.5, 0.6) is 5.75 Å². The summed E-state index contributed by atoms with van der Waals surface area (Å²) in [5, 5.41) is 0. The predicted molar refractivity (Wildman–Crippen MR) is 93.3 cm³/mol. The third-order valence-corrected chi connectivity index (χ3v) is 4.93. The van der Waals surface area contributed by atoms with Crippen LogP contribution < -0.4 is 9.04 Å². The van der Waals surface area contributed by atoms with Crippen molar-refractivity contribution >= 4 is 15.7 Å². The molecule has 0 atom stereocenters. The van der Waals surface area contributed by atoms with Gasteiger partial charge in [-0.05, 0) is 36.4 Å². The zero-order chi connectivity index (χ0) is 16.7. The van der Waals surface area contributed by atoms with Crippen LogP contribution in [-0.4, -0.2) is 21.6 Å². The molecule has 0 saturated carbocycles. The number of nitrogens with zero attached hydrogens (tertiary/aromatic N) is 1. The fourth-order valence-electron chi connectivity index (χ4n) is 2.04. The van der Waals surface area contributed by atoms with Gasteiger partial charge < -0.3 is 4.74 Å². The van der Waals surface area contributed by atoms with Crippen LogP contribution in [0.25, 0.3) is 0 Å². The Labute approximate surface area is 137 Å². The molecule has 0 aromatic heterocycles. The summed E-state index contributed by atoms with van der Waals surface area (Å²) in [6, 6.07) is 15.2. The zero-order valence-electron chi connectivity index (χ0n) is 12.8. The minimum Gasteiger partial charge on any atom is -0.490 e. The maximum Gasteiger partial charge on any atom is 0.264 e. The molecule has 4 nitrogen and oxygen atoms in total. The van der Waals surface area contributed by atoms with Gasteiger partial charge >= 0.3 is 0 Å². The first-order chi connectivity index (χ1) is 11.1. The summed E-state index contributed by atoms with van der Waals surface area (Å²) in [4.78, 5) is 0.244. The molecule has 0 aliphatic carbocycles. The Hall–Kier alpha value is -2.53. The van der Waals surface area contributed by atoms with Gasteiger partial charge in [-0.1, -0.05) is 36.9 Å². The third kappa shape index (κ3) is 4.02. The smallest absolute Gasteiger partial charge is 0.264 e. The molecule has 2 aromatic rings. The van der Waals surface area contributed by atoms with E-state index in [0.29, 0.717) is 18.0 Å². The van der Waals surface area contributed by atoms with E-state index in [9.17, 15) is 8.42 Å². The van der Waals surface area contributed by atoms with Gasteiger partial charge in [-0.3, -0.25) is 4.31 Å². The Bertz CT molecular complexity index is 753. The lowest BCUT2D eigenvalue weighted by molar-refractivity contribution is 0.363. The highest BCUT2D eigenvalue weighted by Crippen LogP contribution is 2.25. The van der Waals surface area contributed by atoms with Gasteiger partial charge in [-0.15, -0.1) is 6.58 Å². The molecule has 23 heavy (non-hydrogen) atoms. The largest absolute Gasteiger partial charge is 0.490 e. The van der Waals surface area contributed by atoms with Crippen molar-refractivity contribution in [1.82, 2.24) is 0 Å². The van der Waals surface area contributed by atoms with Crippen molar-refractivity contribution in [2.24, 2.45) is 0 Å². The van der Waals surface area contributed by atoms with Gasteiger partial charge in [0.2, 0.25) is 0 Å². The SMILES string of the molecule is C=CCOc1ccc(N(CC=C)S(=O)(=O)c2ccccc2)cc1. The number of anilines is 1. The van der Waals surface area contributed by atoms with Crippen LogP contribution in [0.15, 0.2) is 84.8 Å². The number of benzene rings is 2. The highest BCUT2D eigenvalue weighted by molar-refractivity contribution is 7.92. The van der Waals surface area contributed by atoms with Gasteiger partial charge in [0, 0.05) is 0 Å². The van der Waals surface area contributed by atoms with Crippen molar-refractivity contribution < 1.29 is 13.2 Å². The number of sulfonamides is 1. The van der Waals surface area contributed by atoms with E-state index < -0.39 is 10.0 Å². The first-order valence-electron chi connectivity index (χ1n) is 7.12. The van der Waals surface area contributed by atoms with E-state index in [1.54, 1.807) is 66.7 Å². The average Bonchev–Trinajstić information content (AvgIpc) is 2.59. The molecule has 0 spiro atoms. The van der Waals surface area contributed by atoms with Crippen molar-refractivity contribution in [3.05, 3.63) is 79.9 Å². The molecular formula is C18H19NO3S. The standard InChI is InChI=1S/C18H19NO3S/c1-3-14-19(23(20,21)18-8-6-5-7-9-18)16-10-12-17(13-11-16)22-15-4-2/h3-13H,1-2,14-15H2. The van der Waals surface area contributed by atoms with E-state index in [1.165, 1.54) is 4.31 Å². The van der Waals surface area contributed by atoms with Gasteiger partial charge in [0.05, 0.1) is 17.1 Å². The van der Waals surface area contributed by atoms with Crippen LogP contribution in [0.4, 0.5) is 5.69 Å². The van der Waals surface area contributed by atoms with E-state index in [4.69, 9.17) is 4.74 Å². The van der Waals surface area contributed by atoms with E-state index in [1.807, 2.05) is 0 Å². The minimum absolute atomic E-state index is 0.185. The van der Waals surface area contributed by atoms with Gasteiger partial charge in [-0.25, -0.2) is 8.42 Å². The molecule has 0 aliphatic heterocycles. The van der Waals surface area contributed by atoms with E-state index in [2.05, 4.69) is 13.2 Å². The summed E-state index contributed by atoms with van der Waals surface area (Å²) in [5.41, 5.74) is 0.555. The normalized spacial score (nSPS) is 10.8. The zero-order valence-corrected chi connectivity index (χ0v) is 13.6. The Morgan fingerprint density at radius 1 is 0.957 bits per heavy atom. The number of ether oxygens (including phenoxy) is 1. The fourth-order valence-corrected chi connectivity index (χ4v) is 3.50. The maximum atomic E-state index is 12.8. The molecule has 0 N–H and O–H groups in total. The fraction of sp³-hybridized carbons (Fsp3) is 0.111. The second-order valence-electron chi connectivity index (χ2n) is 4.73. The molecule has 0 saturated heterocycles. The summed E-state index contributed by atoms with van der Waals surface area (Å²) < 4.78 is 32.4. The van der Waals surface area contributed by atoms with E-state index >= 15 is 0 Å². The average molecular weight is 329 g/mol. The van der Waals surface area contributed by atoms with Crippen LogP contribution in [0.3, 0.4) is 0 Å². The molecule has 0 bridgehead atoms.